The summed E-state index contributed by atoms with van der Waals surface area (Å²) < 4.78 is 13.8. The molecule has 3 rings (SSSR count). The van der Waals surface area contributed by atoms with Gasteiger partial charge in [0.2, 0.25) is 0 Å². The maximum Gasteiger partial charge on any atom is 0.299 e. The van der Waals surface area contributed by atoms with Gasteiger partial charge in [-0.15, -0.1) is 0 Å². The summed E-state index contributed by atoms with van der Waals surface area (Å²) in [6.45, 7) is 0.310. The van der Waals surface area contributed by atoms with Crippen molar-refractivity contribution in [3.63, 3.8) is 0 Å². The third kappa shape index (κ3) is 2.47. The lowest BCUT2D eigenvalue weighted by molar-refractivity contribution is -0.114. The molecule has 2 heterocycles. The van der Waals surface area contributed by atoms with E-state index in [2.05, 4.69) is 20.9 Å². The van der Waals surface area contributed by atoms with Gasteiger partial charge in [-0.1, -0.05) is 6.07 Å². The van der Waals surface area contributed by atoms with Crippen molar-refractivity contribution in [2.24, 2.45) is 0 Å². The van der Waals surface area contributed by atoms with Crippen LogP contribution in [0.2, 0.25) is 0 Å². The summed E-state index contributed by atoms with van der Waals surface area (Å²) in [7, 11) is 0. The molecule has 2 aromatic rings. The Morgan fingerprint density at radius 2 is 2.10 bits per heavy atom. The Balaban J connectivity index is 1.89. The zero-order chi connectivity index (χ0) is 15.0. The smallest absolute Gasteiger partial charge is 0.299 e. The molecular formula is C15H10BrFN2O2. The van der Waals surface area contributed by atoms with E-state index in [1.54, 1.807) is 18.5 Å². The molecule has 21 heavy (non-hydrogen) atoms. The van der Waals surface area contributed by atoms with Crippen molar-refractivity contribution in [3.8, 4) is 0 Å². The van der Waals surface area contributed by atoms with Crippen molar-refractivity contribution < 1.29 is 14.0 Å². The van der Waals surface area contributed by atoms with Crippen molar-refractivity contribution in [1.82, 2.24) is 4.98 Å². The zero-order valence-electron chi connectivity index (χ0n) is 10.8. The fourth-order valence-corrected chi connectivity index (χ4v) is 2.64. The number of benzene rings is 1. The number of amides is 1. The molecule has 0 radical (unpaired) electrons. The third-order valence-electron chi connectivity index (χ3n) is 3.36. The number of carbonyl (C=O) groups is 2. The first-order valence-corrected chi connectivity index (χ1v) is 7.11. The van der Waals surface area contributed by atoms with Crippen molar-refractivity contribution in [2.45, 2.75) is 6.42 Å². The number of halogens is 2. The van der Waals surface area contributed by atoms with Crippen LogP contribution in [0, 0.1) is 5.82 Å². The maximum atomic E-state index is 13.7. The van der Waals surface area contributed by atoms with Crippen LogP contribution in [0.4, 0.5) is 10.1 Å². The predicted octanol–water partition coefficient (Wildman–Crippen LogP) is 2.76. The second-order valence-corrected chi connectivity index (χ2v) is 5.53. The number of rotatable bonds is 3. The fourth-order valence-electron chi connectivity index (χ4n) is 2.30. The molecule has 4 nitrogen and oxygen atoms in total. The van der Waals surface area contributed by atoms with E-state index in [-0.39, 0.29) is 10.0 Å². The van der Waals surface area contributed by atoms with E-state index >= 15 is 0 Å². The van der Waals surface area contributed by atoms with Crippen LogP contribution in [0.5, 0.6) is 0 Å². The number of hydrogen-bond donors (Lipinski definition) is 0. The van der Waals surface area contributed by atoms with E-state index in [4.69, 9.17) is 0 Å². The number of aromatic nitrogens is 1. The summed E-state index contributed by atoms with van der Waals surface area (Å²) in [5.41, 5.74) is 1.51. The Labute approximate surface area is 128 Å². The van der Waals surface area contributed by atoms with Gasteiger partial charge in [0.05, 0.1) is 15.7 Å². The Morgan fingerprint density at radius 1 is 1.29 bits per heavy atom. The summed E-state index contributed by atoms with van der Waals surface area (Å²) in [6.07, 6.45) is 3.91. The van der Waals surface area contributed by atoms with Crippen LogP contribution in [0.3, 0.4) is 0 Å². The lowest BCUT2D eigenvalue weighted by Gasteiger charge is -2.16. The molecule has 1 aromatic heterocycles. The molecule has 1 aromatic carbocycles. The number of Topliss-reactive ketones (excluding diaryl/α,β-unsaturated/α-hetero) is 1. The van der Waals surface area contributed by atoms with Gasteiger partial charge >= 0.3 is 0 Å². The van der Waals surface area contributed by atoms with Crippen LogP contribution in [0.1, 0.15) is 15.9 Å². The minimum atomic E-state index is -0.619. The molecule has 0 saturated carbocycles. The van der Waals surface area contributed by atoms with Gasteiger partial charge in [-0.25, -0.2) is 4.39 Å². The van der Waals surface area contributed by atoms with Crippen molar-refractivity contribution in [3.05, 3.63) is 58.1 Å². The van der Waals surface area contributed by atoms with E-state index in [0.29, 0.717) is 18.7 Å². The predicted molar refractivity (Wildman–Crippen MR) is 78.7 cm³/mol. The van der Waals surface area contributed by atoms with Gasteiger partial charge in [0.25, 0.3) is 11.7 Å². The summed E-state index contributed by atoms with van der Waals surface area (Å²) in [5.74, 6) is -1.72. The molecule has 106 valence electrons. The van der Waals surface area contributed by atoms with E-state index < -0.39 is 17.5 Å². The highest BCUT2D eigenvalue weighted by atomic mass is 79.9. The number of anilines is 1. The van der Waals surface area contributed by atoms with E-state index in [0.717, 1.165) is 5.56 Å². The number of carbonyl (C=O) groups excluding carboxylic acids is 2. The minimum Gasteiger partial charge on any atom is -0.304 e. The lowest BCUT2D eigenvalue weighted by atomic mass is 10.1. The van der Waals surface area contributed by atoms with E-state index in [1.165, 1.54) is 17.0 Å². The Hall–Kier alpha value is -2.08. The first-order chi connectivity index (χ1) is 10.1. The summed E-state index contributed by atoms with van der Waals surface area (Å²) >= 11 is 3.03. The van der Waals surface area contributed by atoms with Gasteiger partial charge in [-0.3, -0.25) is 14.6 Å². The molecular weight excluding hydrogens is 339 g/mol. The molecule has 6 heteroatoms. The largest absolute Gasteiger partial charge is 0.304 e. The molecule has 1 aliphatic heterocycles. The van der Waals surface area contributed by atoms with Gasteiger partial charge in [-0.05, 0) is 46.1 Å². The standard InChI is InChI=1S/C15H10BrFN2O2/c16-11-6-10-13(7-12(11)17)19(15(21)14(10)20)5-3-9-2-1-4-18-8-9/h1-2,4,6-8H,3,5H2. The average molecular weight is 349 g/mol. The molecule has 0 aliphatic carbocycles. The second-order valence-electron chi connectivity index (χ2n) is 4.68. The van der Waals surface area contributed by atoms with E-state index in [9.17, 15) is 14.0 Å². The summed E-state index contributed by atoms with van der Waals surface area (Å²) in [4.78, 5) is 29.3. The number of hydrogen-bond acceptors (Lipinski definition) is 3. The molecule has 0 N–H and O–H groups in total. The summed E-state index contributed by atoms with van der Waals surface area (Å²) in [5, 5.41) is 0. The number of fused-ring (bicyclic) bond motifs is 1. The van der Waals surface area contributed by atoms with Gasteiger partial charge in [0.15, 0.2) is 0 Å². The average Bonchev–Trinajstić information content (AvgIpc) is 2.71. The van der Waals surface area contributed by atoms with Gasteiger partial charge in [0, 0.05) is 18.9 Å². The van der Waals surface area contributed by atoms with Gasteiger partial charge in [0.1, 0.15) is 5.82 Å². The first-order valence-electron chi connectivity index (χ1n) is 6.32. The van der Waals surface area contributed by atoms with Crippen LogP contribution >= 0.6 is 15.9 Å². The van der Waals surface area contributed by atoms with Crippen LogP contribution in [-0.4, -0.2) is 23.2 Å². The molecule has 0 spiro atoms. The quantitative estimate of drug-likeness (QED) is 0.801. The first kappa shape index (κ1) is 13.9. The Kier molecular flexibility index (Phi) is 3.55. The number of nitrogens with zero attached hydrogens (tertiary/aromatic N) is 2. The lowest BCUT2D eigenvalue weighted by Crippen LogP contribution is -2.31. The molecule has 1 aliphatic rings. The molecule has 0 bridgehead atoms. The zero-order valence-corrected chi connectivity index (χ0v) is 12.4. The second kappa shape index (κ2) is 5.37. The fraction of sp³-hybridized carbons (Fsp3) is 0.133. The Bertz CT molecular complexity index is 734. The SMILES string of the molecule is O=C1C(=O)N(CCc2cccnc2)c2cc(F)c(Br)cc21. The monoisotopic (exact) mass is 348 g/mol. The van der Waals surface area contributed by atoms with Crippen LogP contribution in [0.15, 0.2) is 41.1 Å². The highest BCUT2D eigenvalue weighted by Gasteiger charge is 2.36. The molecule has 0 unspecified atom stereocenters. The van der Waals surface area contributed by atoms with Gasteiger partial charge < -0.3 is 4.90 Å². The maximum absolute atomic E-state index is 13.7. The molecule has 0 saturated heterocycles. The van der Waals surface area contributed by atoms with Crippen LogP contribution < -0.4 is 4.90 Å². The molecule has 0 atom stereocenters. The third-order valence-corrected chi connectivity index (χ3v) is 3.97. The normalized spacial score (nSPS) is 13.7. The van der Waals surface area contributed by atoms with E-state index in [1.807, 2.05) is 6.07 Å². The van der Waals surface area contributed by atoms with Crippen LogP contribution in [-0.2, 0) is 11.2 Å². The minimum absolute atomic E-state index is 0.177. The van der Waals surface area contributed by atoms with Crippen molar-refractivity contribution in [2.75, 3.05) is 11.4 Å². The van der Waals surface area contributed by atoms with Crippen molar-refractivity contribution >= 4 is 33.3 Å². The van der Waals surface area contributed by atoms with Crippen LogP contribution in [0.25, 0.3) is 0 Å². The molecule has 1 amide bonds. The number of pyridine rings is 1. The highest BCUT2D eigenvalue weighted by Crippen LogP contribution is 2.33. The number of ketones is 1. The highest BCUT2D eigenvalue weighted by molar-refractivity contribution is 9.10. The Morgan fingerprint density at radius 3 is 2.81 bits per heavy atom. The summed E-state index contributed by atoms with van der Waals surface area (Å²) in [6, 6.07) is 6.26. The van der Waals surface area contributed by atoms with Crippen molar-refractivity contribution in [1.29, 1.82) is 0 Å². The van der Waals surface area contributed by atoms with Gasteiger partial charge in [-0.2, -0.15) is 0 Å². The topological polar surface area (TPSA) is 50.3 Å². The molecule has 0 fully saturated rings.